The normalized spacial score (nSPS) is 23.8. The number of nitrogens with zero attached hydrogens (tertiary/aromatic N) is 1. The maximum absolute atomic E-state index is 11.4. The SMILES string of the molecule is CC(=O)N(C1CC1)C1(C(=O)O)COC1. The highest BCUT2D eigenvalue weighted by Crippen LogP contribution is 2.37. The molecule has 5 nitrogen and oxygen atoms in total. The van der Waals surface area contributed by atoms with Crippen LogP contribution in [0, 0.1) is 0 Å². The molecule has 1 N–H and O–H groups in total. The van der Waals surface area contributed by atoms with Gasteiger partial charge in [-0.15, -0.1) is 0 Å². The largest absolute Gasteiger partial charge is 0.479 e. The van der Waals surface area contributed by atoms with Gasteiger partial charge < -0.3 is 14.7 Å². The molecule has 1 aliphatic carbocycles. The maximum Gasteiger partial charge on any atom is 0.334 e. The molecule has 1 saturated heterocycles. The van der Waals surface area contributed by atoms with Crippen molar-refractivity contribution in [1.82, 2.24) is 4.90 Å². The van der Waals surface area contributed by atoms with Crippen LogP contribution >= 0.6 is 0 Å². The van der Waals surface area contributed by atoms with Gasteiger partial charge in [0.15, 0.2) is 5.54 Å². The highest BCUT2D eigenvalue weighted by atomic mass is 16.5. The molecular weight excluding hydrogens is 186 g/mol. The summed E-state index contributed by atoms with van der Waals surface area (Å²) in [5, 5.41) is 9.11. The number of hydrogen-bond acceptors (Lipinski definition) is 3. The Morgan fingerprint density at radius 3 is 2.21 bits per heavy atom. The summed E-state index contributed by atoms with van der Waals surface area (Å²) in [7, 11) is 0. The fourth-order valence-electron chi connectivity index (χ4n) is 1.90. The summed E-state index contributed by atoms with van der Waals surface area (Å²) >= 11 is 0. The molecule has 14 heavy (non-hydrogen) atoms. The summed E-state index contributed by atoms with van der Waals surface area (Å²) in [6.45, 7) is 1.66. The minimum absolute atomic E-state index is 0.118. The van der Waals surface area contributed by atoms with Crippen LogP contribution in [0.25, 0.3) is 0 Å². The molecule has 5 heteroatoms. The van der Waals surface area contributed by atoms with Crippen LogP contribution in [0.1, 0.15) is 19.8 Å². The molecule has 1 heterocycles. The van der Waals surface area contributed by atoms with Crippen molar-refractivity contribution in [2.24, 2.45) is 0 Å². The molecule has 1 aliphatic heterocycles. The molecular formula is C9H13NO4. The number of ether oxygens (including phenoxy) is 1. The number of carbonyl (C=O) groups is 2. The predicted octanol–water partition coefficient (Wildman–Crippen LogP) is -0.149. The van der Waals surface area contributed by atoms with E-state index in [1.807, 2.05) is 0 Å². The topological polar surface area (TPSA) is 66.8 Å². The molecule has 1 saturated carbocycles. The van der Waals surface area contributed by atoms with Crippen molar-refractivity contribution >= 4 is 11.9 Å². The van der Waals surface area contributed by atoms with Gasteiger partial charge in [0.2, 0.25) is 5.91 Å². The summed E-state index contributed by atoms with van der Waals surface area (Å²) in [4.78, 5) is 24.0. The second-order valence-electron chi connectivity index (χ2n) is 3.95. The fourth-order valence-corrected chi connectivity index (χ4v) is 1.90. The summed E-state index contributed by atoms with van der Waals surface area (Å²) < 4.78 is 4.93. The van der Waals surface area contributed by atoms with E-state index in [-0.39, 0.29) is 25.2 Å². The quantitative estimate of drug-likeness (QED) is 0.686. The lowest BCUT2D eigenvalue weighted by atomic mass is 9.94. The van der Waals surface area contributed by atoms with Gasteiger partial charge in [-0.3, -0.25) is 4.79 Å². The van der Waals surface area contributed by atoms with Crippen LogP contribution in [-0.4, -0.2) is 46.7 Å². The number of hydrogen-bond donors (Lipinski definition) is 1. The van der Waals surface area contributed by atoms with Crippen LogP contribution in [0.2, 0.25) is 0 Å². The second kappa shape index (κ2) is 2.95. The Morgan fingerprint density at radius 2 is 2.00 bits per heavy atom. The van der Waals surface area contributed by atoms with E-state index < -0.39 is 11.5 Å². The molecule has 2 fully saturated rings. The summed E-state index contributed by atoms with van der Waals surface area (Å²) in [6.07, 6.45) is 1.82. The summed E-state index contributed by atoms with van der Waals surface area (Å²) in [5.41, 5.74) is -1.08. The zero-order valence-electron chi connectivity index (χ0n) is 8.02. The van der Waals surface area contributed by atoms with Gasteiger partial charge in [0.05, 0.1) is 13.2 Å². The summed E-state index contributed by atoms with van der Waals surface area (Å²) in [5.74, 6) is -1.12. The Hall–Kier alpha value is -1.10. The van der Waals surface area contributed by atoms with Gasteiger partial charge in [-0.1, -0.05) is 0 Å². The van der Waals surface area contributed by atoms with Crippen LogP contribution in [0.5, 0.6) is 0 Å². The smallest absolute Gasteiger partial charge is 0.334 e. The average Bonchev–Trinajstić information content (AvgIpc) is 2.76. The van der Waals surface area contributed by atoms with Crippen molar-refractivity contribution in [3.8, 4) is 0 Å². The van der Waals surface area contributed by atoms with E-state index in [9.17, 15) is 9.59 Å². The zero-order chi connectivity index (χ0) is 10.3. The van der Waals surface area contributed by atoms with Crippen LogP contribution in [-0.2, 0) is 14.3 Å². The highest BCUT2D eigenvalue weighted by Gasteiger charge is 2.56. The van der Waals surface area contributed by atoms with E-state index in [0.717, 1.165) is 12.8 Å². The minimum Gasteiger partial charge on any atom is -0.479 e. The standard InChI is InChI=1S/C9H13NO4/c1-6(11)10(7-2-3-7)9(8(12)13)4-14-5-9/h7H,2-5H2,1H3,(H,12,13). The molecule has 0 unspecified atom stereocenters. The Balaban J connectivity index is 2.23. The van der Waals surface area contributed by atoms with Gasteiger partial charge in [-0.25, -0.2) is 4.79 Å². The Labute approximate surface area is 81.6 Å². The van der Waals surface area contributed by atoms with Gasteiger partial charge in [0.25, 0.3) is 0 Å². The van der Waals surface area contributed by atoms with Gasteiger partial charge in [-0.05, 0) is 12.8 Å². The van der Waals surface area contributed by atoms with E-state index in [2.05, 4.69) is 0 Å². The lowest BCUT2D eigenvalue weighted by Crippen LogP contribution is -2.68. The van der Waals surface area contributed by atoms with Crippen LogP contribution in [0.4, 0.5) is 0 Å². The molecule has 0 spiro atoms. The zero-order valence-corrected chi connectivity index (χ0v) is 8.02. The molecule has 2 rings (SSSR count). The molecule has 0 atom stereocenters. The monoisotopic (exact) mass is 199 g/mol. The first-order valence-corrected chi connectivity index (χ1v) is 4.69. The van der Waals surface area contributed by atoms with E-state index in [4.69, 9.17) is 9.84 Å². The third kappa shape index (κ3) is 1.19. The van der Waals surface area contributed by atoms with Gasteiger partial charge in [0.1, 0.15) is 0 Å². The fraction of sp³-hybridized carbons (Fsp3) is 0.778. The van der Waals surface area contributed by atoms with E-state index in [1.165, 1.54) is 11.8 Å². The van der Waals surface area contributed by atoms with Gasteiger partial charge in [0, 0.05) is 13.0 Å². The van der Waals surface area contributed by atoms with Crippen molar-refractivity contribution in [2.45, 2.75) is 31.3 Å². The Kier molecular flexibility index (Phi) is 1.99. The van der Waals surface area contributed by atoms with Crippen molar-refractivity contribution in [3.63, 3.8) is 0 Å². The molecule has 0 radical (unpaired) electrons. The number of carboxylic acids is 1. The molecule has 2 aliphatic rings. The van der Waals surface area contributed by atoms with Crippen molar-refractivity contribution in [3.05, 3.63) is 0 Å². The molecule has 0 aromatic heterocycles. The lowest BCUT2D eigenvalue weighted by Gasteiger charge is -2.45. The third-order valence-corrected chi connectivity index (χ3v) is 2.79. The van der Waals surface area contributed by atoms with E-state index in [0.29, 0.717) is 0 Å². The molecule has 1 amide bonds. The van der Waals surface area contributed by atoms with Crippen LogP contribution < -0.4 is 0 Å². The Bertz CT molecular complexity index is 281. The number of rotatable bonds is 3. The molecule has 0 bridgehead atoms. The van der Waals surface area contributed by atoms with Crippen molar-refractivity contribution in [2.75, 3.05) is 13.2 Å². The molecule has 0 aromatic carbocycles. The van der Waals surface area contributed by atoms with E-state index in [1.54, 1.807) is 0 Å². The third-order valence-electron chi connectivity index (χ3n) is 2.79. The number of carboxylic acid groups (broad SMARTS) is 1. The first kappa shape index (κ1) is 9.45. The number of aliphatic carboxylic acids is 1. The maximum atomic E-state index is 11.4. The lowest BCUT2D eigenvalue weighted by molar-refractivity contribution is -0.192. The number of amides is 1. The second-order valence-corrected chi connectivity index (χ2v) is 3.95. The van der Waals surface area contributed by atoms with Crippen LogP contribution in [0.3, 0.4) is 0 Å². The Morgan fingerprint density at radius 1 is 1.43 bits per heavy atom. The molecule has 0 aromatic rings. The van der Waals surface area contributed by atoms with Crippen molar-refractivity contribution in [1.29, 1.82) is 0 Å². The van der Waals surface area contributed by atoms with Gasteiger partial charge >= 0.3 is 5.97 Å². The number of carbonyl (C=O) groups excluding carboxylic acids is 1. The first-order valence-electron chi connectivity index (χ1n) is 4.69. The predicted molar refractivity (Wildman–Crippen MR) is 46.7 cm³/mol. The molecule has 78 valence electrons. The van der Waals surface area contributed by atoms with E-state index >= 15 is 0 Å². The first-order chi connectivity index (χ1) is 6.58. The minimum atomic E-state index is -1.08. The van der Waals surface area contributed by atoms with Crippen molar-refractivity contribution < 1.29 is 19.4 Å². The summed E-state index contributed by atoms with van der Waals surface area (Å²) in [6, 6.07) is 0.118. The van der Waals surface area contributed by atoms with Gasteiger partial charge in [-0.2, -0.15) is 0 Å². The highest BCUT2D eigenvalue weighted by molar-refractivity contribution is 5.87. The average molecular weight is 199 g/mol. The van der Waals surface area contributed by atoms with Crippen LogP contribution in [0.15, 0.2) is 0 Å².